The van der Waals surface area contributed by atoms with Crippen LogP contribution in [0.2, 0.25) is 5.02 Å². The molecule has 0 fully saturated rings. The van der Waals surface area contributed by atoms with E-state index in [0.717, 1.165) is 11.3 Å². The number of hydrogen-bond donors (Lipinski definition) is 2. The summed E-state index contributed by atoms with van der Waals surface area (Å²) in [6.45, 7) is 3.42. The number of nitrogens with two attached hydrogens (primary N) is 1. The second-order valence-electron chi connectivity index (χ2n) is 4.81. The third kappa shape index (κ3) is 3.74. The Hall–Kier alpha value is -2.38. The Labute approximate surface area is 147 Å². The highest BCUT2D eigenvalue weighted by Gasteiger charge is 2.25. The molecule has 0 radical (unpaired) electrons. The van der Waals surface area contributed by atoms with Crippen LogP contribution in [0.15, 0.2) is 24.3 Å². The van der Waals surface area contributed by atoms with Gasteiger partial charge in [0.25, 0.3) is 11.8 Å². The Kier molecular flexibility index (Phi) is 5.58. The van der Waals surface area contributed by atoms with Crippen LogP contribution in [-0.2, 0) is 4.74 Å². The highest BCUT2D eigenvalue weighted by atomic mass is 35.5. The van der Waals surface area contributed by atoms with Gasteiger partial charge in [-0.15, -0.1) is 11.3 Å². The van der Waals surface area contributed by atoms with E-state index in [2.05, 4.69) is 5.32 Å². The van der Waals surface area contributed by atoms with Crippen molar-refractivity contribution in [3.63, 3.8) is 0 Å². The van der Waals surface area contributed by atoms with E-state index < -0.39 is 17.8 Å². The zero-order valence-corrected chi connectivity index (χ0v) is 14.6. The molecule has 2 amide bonds. The van der Waals surface area contributed by atoms with Crippen molar-refractivity contribution in [2.45, 2.75) is 13.8 Å². The molecule has 126 valence electrons. The number of carbonyl (C=O) groups excluding carboxylic acids is 3. The number of halogens is 1. The molecule has 0 atom stereocenters. The number of thiophene rings is 1. The number of hydrogen-bond acceptors (Lipinski definition) is 5. The molecule has 1 aromatic carbocycles. The van der Waals surface area contributed by atoms with Crippen molar-refractivity contribution >= 4 is 45.7 Å². The molecule has 0 spiro atoms. The largest absolute Gasteiger partial charge is 0.462 e. The van der Waals surface area contributed by atoms with Gasteiger partial charge in [0.15, 0.2) is 0 Å². The third-order valence-corrected chi connectivity index (χ3v) is 4.66. The van der Waals surface area contributed by atoms with Crippen LogP contribution in [0.1, 0.15) is 42.9 Å². The van der Waals surface area contributed by atoms with Crippen molar-refractivity contribution in [1.29, 1.82) is 0 Å². The number of rotatable bonds is 5. The minimum Gasteiger partial charge on any atom is -0.462 e. The molecule has 0 aliphatic rings. The van der Waals surface area contributed by atoms with Gasteiger partial charge < -0.3 is 15.8 Å². The minimum absolute atomic E-state index is 0.137. The molecule has 0 unspecified atom stereocenters. The van der Waals surface area contributed by atoms with Crippen LogP contribution in [0.5, 0.6) is 0 Å². The molecule has 0 aliphatic heterocycles. The maximum Gasteiger partial charge on any atom is 0.341 e. The van der Waals surface area contributed by atoms with Crippen LogP contribution in [0.4, 0.5) is 5.00 Å². The number of esters is 1. The van der Waals surface area contributed by atoms with Crippen molar-refractivity contribution in [1.82, 2.24) is 0 Å². The maximum absolute atomic E-state index is 12.3. The van der Waals surface area contributed by atoms with Gasteiger partial charge in [-0.05, 0) is 43.7 Å². The molecule has 2 aromatic rings. The molecule has 0 bridgehead atoms. The van der Waals surface area contributed by atoms with E-state index in [9.17, 15) is 14.4 Å². The van der Waals surface area contributed by atoms with Crippen molar-refractivity contribution in [2.24, 2.45) is 5.73 Å². The number of primary amides is 1. The molecular formula is C16H15ClN2O4S. The third-order valence-electron chi connectivity index (χ3n) is 3.18. The van der Waals surface area contributed by atoms with Gasteiger partial charge in [0.2, 0.25) is 0 Å². The lowest BCUT2D eigenvalue weighted by atomic mass is 10.1. The second kappa shape index (κ2) is 7.46. The summed E-state index contributed by atoms with van der Waals surface area (Å²) in [5.41, 5.74) is 6.21. The minimum atomic E-state index is -0.671. The van der Waals surface area contributed by atoms with E-state index >= 15 is 0 Å². The molecule has 0 aliphatic carbocycles. The lowest BCUT2D eigenvalue weighted by Gasteiger charge is -2.07. The van der Waals surface area contributed by atoms with Gasteiger partial charge in [-0.3, -0.25) is 9.59 Å². The Balaban J connectivity index is 2.39. The summed E-state index contributed by atoms with van der Waals surface area (Å²) in [6.07, 6.45) is 0. The summed E-state index contributed by atoms with van der Waals surface area (Å²) in [5.74, 6) is -1.73. The van der Waals surface area contributed by atoms with E-state index in [4.69, 9.17) is 22.1 Å². The molecular weight excluding hydrogens is 352 g/mol. The summed E-state index contributed by atoms with van der Waals surface area (Å²) in [5, 5.41) is 3.35. The zero-order chi connectivity index (χ0) is 17.9. The van der Waals surface area contributed by atoms with E-state index in [-0.39, 0.29) is 22.0 Å². The Morgan fingerprint density at radius 3 is 2.42 bits per heavy atom. The topological polar surface area (TPSA) is 98.5 Å². The molecule has 0 saturated carbocycles. The fourth-order valence-corrected chi connectivity index (χ4v) is 3.23. The SMILES string of the molecule is CCOC(=O)c1c(NC(=O)c2ccc(Cl)cc2)sc(C(N)=O)c1C. The fourth-order valence-electron chi connectivity index (χ4n) is 2.06. The Morgan fingerprint density at radius 2 is 1.88 bits per heavy atom. The Morgan fingerprint density at radius 1 is 1.25 bits per heavy atom. The maximum atomic E-state index is 12.3. The van der Waals surface area contributed by atoms with Crippen molar-refractivity contribution in [3.8, 4) is 0 Å². The van der Waals surface area contributed by atoms with Gasteiger partial charge in [0.05, 0.1) is 17.0 Å². The first-order valence-electron chi connectivity index (χ1n) is 7.02. The zero-order valence-electron chi connectivity index (χ0n) is 13.0. The van der Waals surface area contributed by atoms with Crippen LogP contribution in [-0.4, -0.2) is 24.4 Å². The van der Waals surface area contributed by atoms with Crippen LogP contribution < -0.4 is 11.1 Å². The van der Waals surface area contributed by atoms with Crippen LogP contribution in [0.3, 0.4) is 0 Å². The predicted molar refractivity (Wildman–Crippen MR) is 92.9 cm³/mol. The molecule has 2 rings (SSSR count). The number of anilines is 1. The van der Waals surface area contributed by atoms with Crippen LogP contribution in [0.25, 0.3) is 0 Å². The monoisotopic (exact) mass is 366 g/mol. The summed E-state index contributed by atoms with van der Waals surface area (Å²) in [4.78, 5) is 36.2. The standard InChI is InChI=1S/C16H15ClN2O4S/c1-3-23-16(22)11-8(2)12(13(18)20)24-15(11)19-14(21)9-4-6-10(17)7-5-9/h4-7H,3H2,1-2H3,(H2,18,20)(H,19,21). The van der Waals surface area contributed by atoms with E-state index in [0.29, 0.717) is 16.1 Å². The summed E-state index contributed by atoms with van der Waals surface area (Å²) < 4.78 is 4.99. The summed E-state index contributed by atoms with van der Waals surface area (Å²) in [7, 11) is 0. The van der Waals surface area contributed by atoms with Crippen molar-refractivity contribution in [2.75, 3.05) is 11.9 Å². The number of benzene rings is 1. The van der Waals surface area contributed by atoms with Gasteiger partial charge in [0, 0.05) is 10.6 Å². The first kappa shape index (κ1) is 18.0. The predicted octanol–water partition coefficient (Wildman–Crippen LogP) is 3.24. The fraction of sp³-hybridized carbons (Fsp3) is 0.188. The first-order chi connectivity index (χ1) is 11.3. The normalized spacial score (nSPS) is 10.3. The lowest BCUT2D eigenvalue weighted by molar-refractivity contribution is 0.0527. The number of ether oxygens (including phenoxy) is 1. The molecule has 1 heterocycles. The second-order valence-corrected chi connectivity index (χ2v) is 6.26. The molecule has 3 N–H and O–H groups in total. The average molecular weight is 367 g/mol. The van der Waals surface area contributed by atoms with Gasteiger partial charge in [-0.2, -0.15) is 0 Å². The highest BCUT2D eigenvalue weighted by molar-refractivity contribution is 7.18. The van der Waals surface area contributed by atoms with E-state index in [1.165, 1.54) is 0 Å². The quantitative estimate of drug-likeness (QED) is 0.793. The number of carbonyl (C=O) groups is 3. The molecule has 0 saturated heterocycles. The van der Waals surface area contributed by atoms with Crippen molar-refractivity contribution < 1.29 is 19.1 Å². The highest BCUT2D eigenvalue weighted by Crippen LogP contribution is 2.33. The molecule has 24 heavy (non-hydrogen) atoms. The van der Waals surface area contributed by atoms with Crippen LogP contribution in [0, 0.1) is 6.92 Å². The smallest absolute Gasteiger partial charge is 0.341 e. The van der Waals surface area contributed by atoms with Crippen molar-refractivity contribution in [3.05, 3.63) is 50.9 Å². The molecule has 1 aromatic heterocycles. The van der Waals surface area contributed by atoms with Gasteiger partial charge in [-0.1, -0.05) is 11.6 Å². The van der Waals surface area contributed by atoms with Gasteiger partial charge >= 0.3 is 5.97 Å². The van der Waals surface area contributed by atoms with Crippen LogP contribution >= 0.6 is 22.9 Å². The van der Waals surface area contributed by atoms with E-state index in [1.807, 2.05) is 0 Å². The lowest BCUT2D eigenvalue weighted by Crippen LogP contribution is -2.15. The molecule has 8 heteroatoms. The molecule has 6 nitrogen and oxygen atoms in total. The van der Waals surface area contributed by atoms with Gasteiger partial charge in [-0.25, -0.2) is 4.79 Å². The Bertz CT molecular complexity index is 799. The number of nitrogens with one attached hydrogen (secondary N) is 1. The average Bonchev–Trinajstić information content (AvgIpc) is 2.84. The summed E-state index contributed by atoms with van der Waals surface area (Å²) in [6, 6.07) is 6.27. The summed E-state index contributed by atoms with van der Waals surface area (Å²) >= 11 is 6.74. The number of amides is 2. The van der Waals surface area contributed by atoms with E-state index in [1.54, 1.807) is 38.1 Å². The first-order valence-corrected chi connectivity index (χ1v) is 8.21. The van der Waals surface area contributed by atoms with Gasteiger partial charge in [0.1, 0.15) is 5.00 Å².